The van der Waals surface area contributed by atoms with Gasteiger partial charge in [0.1, 0.15) is 0 Å². The molecule has 2 nitrogen and oxygen atoms in total. The molecule has 0 aromatic heterocycles. The van der Waals surface area contributed by atoms with Gasteiger partial charge in [0.25, 0.3) is 0 Å². The molecule has 2 atom stereocenters. The molecule has 2 rings (SSSR count). The van der Waals surface area contributed by atoms with Crippen molar-refractivity contribution < 1.29 is 0 Å². The van der Waals surface area contributed by atoms with Gasteiger partial charge in [0.15, 0.2) is 0 Å². The van der Waals surface area contributed by atoms with E-state index in [0.717, 1.165) is 6.54 Å². The lowest BCUT2D eigenvalue weighted by Gasteiger charge is -2.35. The van der Waals surface area contributed by atoms with E-state index in [1.807, 2.05) is 0 Å². The average molecular weight is 232 g/mol. The van der Waals surface area contributed by atoms with Crippen molar-refractivity contribution in [1.82, 2.24) is 4.90 Å². The average Bonchev–Trinajstić information content (AvgIpc) is 2.32. The summed E-state index contributed by atoms with van der Waals surface area (Å²) < 4.78 is 0. The molecule has 1 saturated heterocycles. The number of hydrogen-bond donors (Lipinski definition) is 1. The second-order valence-electron chi connectivity index (χ2n) is 5.42. The van der Waals surface area contributed by atoms with Crippen LogP contribution in [-0.2, 0) is 0 Å². The zero-order valence-corrected chi connectivity index (χ0v) is 11.2. The molecule has 2 unspecified atom stereocenters. The van der Waals surface area contributed by atoms with Gasteiger partial charge in [-0.3, -0.25) is 4.90 Å². The molecule has 2 heteroatoms. The van der Waals surface area contributed by atoms with Crippen molar-refractivity contribution in [1.29, 1.82) is 0 Å². The van der Waals surface area contributed by atoms with Crippen LogP contribution in [-0.4, -0.2) is 24.0 Å². The second-order valence-corrected chi connectivity index (χ2v) is 5.42. The lowest BCUT2D eigenvalue weighted by Crippen LogP contribution is -2.43. The molecule has 1 aromatic rings. The predicted molar refractivity (Wildman–Crippen MR) is 73.1 cm³/mol. The number of nitrogens with two attached hydrogens (primary N) is 1. The Morgan fingerprint density at radius 2 is 2.06 bits per heavy atom. The summed E-state index contributed by atoms with van der Waals surface area (Å²) in [5.74, 6) is 0. The van der Waals surface area contributed by atoms with Gasteiger partial charge in [-0.2, -0.15) is 0 Å². The summed E-state index contributed by atoms with van der Waals surface area (Å²) in [4.78, 5) is 2.51. The minimum Gasteiger partial charge on any atom is -0.327 e. The molecule has 0 amide bonds. The Balaban J connectivity index is 2.12. The second kappa shape index (κ2) is 5.19. The fourth-order valence-corrected chi connectivity index (χ4v) is 2.63. The number of benzene rings is 1. The van der Waals surface area contributed by atoms with E-state index in [0.29, 0.717) is 12.1 Å². The van der Waals surface area contributed by atoms with Gasteiger partial charge in [0.2, 0.25) is 0 Å². The first-order valence-corrected chi connectivity index (χ1v) is 6.64. The maximum atomic E-state index is 6.05. The molecule has 1 aromatic carbocycles. The summed E-state index contributed by atoms with van der Waals surface area (Å²) in [7, 11) is 0. The molecule has 0 saturated carbocycles. The summed E-state index contributed by atoms with van der Waals surface area (Å²) in [5, 5.41) is 0. The number of piperidine rings is 1. The maximum absolute atomic E-state index is 6.05. The quantitative estimate of drug-likeness (QED) is 0.849. The number of nitrogens with zero attached hydrogens (tertiary/aromatic N) is 1. The van der Waals surface area contributed by atoms with Crippen molar-refractivity contribution in [2.24, 2.45) is 5.73 Å². The molecular weight excluding hydrogens is 208 g/mol. The van der Waals surface area contributed by atoms with Gasteiger partial charge in [-0.15, -0.1) is 0 Å². The van der Waals surface area contributed by atoms with E-state index in [1.165, 1.54) is 36.1 Å². The molecule has 17 heavy (non-hydrogen) atoms. The normalized spacial score (nSPS) is 23.6. The van der Waals surface area contributed by atoms with Gasteiger partial charge in [-0.1, -0.05) is 18.2 Å². The number of likely N-dealkylation sites (tertiary alicyclic amines) is 1. The predicted octanol–water partition coefficient (Wildman–Crippen LogP) is 2.79. The van der Waals surface area contributed by atoms with Gasteiger partial charge >= 0.3 is 0 Å². The molecule has 0 bridgehead atoms. The minimum absolute atomic E-state index is 0.359. The molecule has 1 aliphatic rings. The van der Waals surface area contributed by atoms with E-state index >= 15 is 0 Å². The van der Waals surface area contributed by atoms with Crippen LogP contribution in [0, 0.1) is 13.8 Å². The van der Waals surface area contributed by atoms with Crippen LogP contribution >= 0.6 is 0 Å². The molecule has 0 radical (unpaired) electrons. The molecule has 2 N–H and O–H groups in total. The SMILES string of the molecule is Cc1ccc(C(C)N2CCCC(N)C2)cc1C. The van der Waals surface area contributed by atoms with E-state index in [1.54, 1.807) is 0 Å². The standard InChI is InChI=1S/C15H24N2/c1-11-6-7-14(9-12(11)2)13(3)17-8-4-5-15(16)10-17/h6-7,9,13,15H,4-5,8,10,16H2,1-3H3. The molecule has 0 spiro atoms. The van der Waals surface area contributed by atoms with Crippen molar-refractivity contribution in [2.45, 2.75) is 45.7 Å². The first-order valence-electron chi connectivity index (χ1n) is 6.64. The van der Waals surface area contributed by atoms with Crippen LogP contribution in [0.2, 0.25) is 0 Å². The highest BCUT2D eigenvalue weighted by atomic mass is 15.2. The van der Waals surface area contributed by atoms with E-state index < -0.39 is 0 Å². The largest absolute Gasteiger partial charge is 0.327 e. The zero-order valence-electron chi connectivity index (χ0n) is 11.2. The van der Waals surface area contributed by atoms with Crippen molar-refractivity contribution in [3.63, 3.8) is 0 Å². The Morgan fingerprint density at radius 3 is 2.71 bits per heavy atom. The number of hydrogen-bond acceptors (Lipinski definition) is 2. The third-order valence-electron chi connectivity index (χ3n) is 4.05. The number of aryl methyl sites for hydroxylation is 2. The van der Waals surface area contributed by atoms with Gasteiger partial charge in [0, 0.05) is 18.6 Å². The lowest BCUT2D eigenvalue weighted by molar-refractivity contribution is 0.159. The van der Waals surface area contributed by atoms with Crippen LogP contribution in [0.3, 0.4) is 0 Å². The fraction of sp³-hybridized carbons (Fsp3) is 0.600. The Bertz CT molecular complexity index is 387. The summed E-state index contributed by atoms with van der Waals surface area (Å²) in [6, 6.07) is 7.65. The number of rotatable bonds is 2. The van der Waals surface area contributed by atoms with Crippen molar-refractivity contribution in [3.05, 3.63) is 34.9 Å². The monoisotopic (exact) mass is 232 g/mol. The summed E-state index contributed by atoms with van der Waals surface area (Å²) in [6.07, 6.45) is 2.41. The van der Waals surface area contributed by atoms with E-state index in [9.17, 15) is 0 Å². The third kappa shape index (κ3) is 2.88. The summed E-state index contributed by atoms with van der Waals surface area (Å²) in [6.45, 7) is 8.87. The van der Waals surface area contributed by atoms with Gasteiger partial charge in [-0.25, -0.2) is 0 Å². The van der Waals surface area contributed by atoms with Crippen LogP contribution in [0.25, 0.3) is 0 Å². The van der Waals surface area contributed by atoms with Gasteiger partial charge in [-0.05, 0) is 56.8 Å². The van der Waals surface area contributed by atoms with Crippen molar-refractivity contribution >= 4 is 0 Å². The highest BCUT2D eigenvalue weighted by Crippen LogP contribution is 2.25. The Hall–Kier alpha value is -0.860. The smallest absolute Gasteiger partial charge is 0.0320 e. The molecule has 1 aliphatic heterocycles. The topological polar surface area (TPSA) is 29.3 Å². The molecular formula is C15H24N2. The van der Waals surface area contributed by atoms with Crippen LogP contribution in [0.4, 0.5) is 0 Å². The Kier molecular flexibility index (Phi) is 3.85. The highest BCUT2D eigenvalue weighted by molar-refractivity contribution is 5.31. The van der Waals surface area contributed by atoms with Crippen LogP contribution < -0.4 is 5.73 Å². The molecule has 94 valence electrons. The lowest BCUT2D eigenvalue weighted by atomic mass is 9.98. The van der Waals surface area contributed by atoms with E-state index in [4.69, 9.17) is 5.73 Å². The molecule has 0 aliphatic carbocycles. The minimum atomic E-state index is 0.359. The summed E-state index contributed by atoms with van der Waals surface area (Å²) in [5.41, 5.74) is 10.2. The van der Waals surface area contributed by atoms with E-state index in [-0.39, 0.29) is 0 Å². The third-order valence-corrected chi connectivity index (χ3v) is 4.05. The molecule has 1 fully saturated rings. The van der Waals surface area contributed by atoms with Crippen molar-refractivity contribution in [2.75, 3.05) is 13.1 Å². The van der Waals surface area contributed by atoms with Crippen LogP contribution in [0.15, 0.2) is 18.2 Å². The van der Waals surface area contributed by atoms with E-state index in [2.05, 4.69) is 43.9 Å². The Labute approximate surface area is 105 Å². The fourth-order valence-electron chi connectivity index (χ4n) is 2.63. The summed E-state index contributed by atoms with van der Waals surface area (Å²) >= 11 is 0. The van der Waals surface area contributed by atoms with Crippen LogP contribution in [0.5, 0.6) is 0 Å². The zero-order chi connectivity index (χ0) is 12.4. The van der Waals surface area contributed by atoms with Gasteiger partial charge < -0.3 is 5.73 Å². The first-order chi connectivity index (χ1) is 8.08. The Morgan fingerprint density at radius 1 is 1.29 bits per heavy atom. The van der Waals surface area contributed by atoms with Crippen LogP contribution in [0.1, 0.15) is 42.5 Å². The maximum Gasteiger partial charge on any atom is 0.0320 e. The first kappa shape index (κ1) is 12.6. The molecule has 1 heterocycles. The highest BCUT2D eigenvalue weighted by Gasteiger charge is 2.22. The van der Waals surface area contributed by atoms with Crippen molar-refractivity contribution in [3.8, 4) is 0 Å². The van der Waals surface area contributed by atoms with Gasteiger partial charge in [0.05, 0.1) is 0 Å².